The molecule has 1 aliphatic heterocycles. The van der Waals surface area contributed by atoms with Crippen LogP contribution in [0.5, 0.6) is 0 Å². The van der Waals surface area contributed by atoms with Crippen LogP contribution in [-0.4, -0.2) is 41.6 Å². The van der Waals surface area contributed by atoms with Gasteiger partial charge in [0.2, 0.25) is 11.8 Å². The van der Waals surface area contributed by atoms with Crippen molar-refractivity contribution in [2.45, 2.75) is 26.3 Å². The Balaban J connectivity index is 2.72. The van der Waals surface area contributed by atoms with Crippen molar-refractivity contribution in [1.82, 2.24) is 10.2 Å². The smallest absolute Gasteiger partial charge is 0.243 e. The molecule has 1 aliphatic rings. The highest BCUT2D eigenvalue weighted by Crippen LogP contribution is 2.08. The molecule has 1 unspecified atom stereocenters. The Kier molecular flexibility index (Phi) is 3.35. The molecule has 14 heavy (non-hydrogen) atoms. The van der Waals surface area contributed by atoms with E-state index in [1.54, 1.807) is 4.90 Å². The lowest BCUT2D eigenvalue weighted by molar-refractivity contribution is -0.140. The fourth-order valence-electron chi connectivity index (χ4n) is 1.62. The summed E-state index contributed by atoms with van der Waals surface area (Å²) in [6.07, 6.45) is 0.604. The SMILES string of the molecule is CCC1C(=O)NC(=O)CN1CC(C)=O. The maximum absolute atomic E-state index is 11.3. The highest BCUT2D eigenvalue weighted by molar-refractivity contribution is 6.01. The van der Waals surface area contributed by atoms with Crippen LogP contribution in [0, 0.1) is 0 Å². The molecule has 2 amide bonds. The summed E-state index contributed by atoms with van der Waals surface area (Å²) in [5, 5.41) is 2.25. The topological polar surface area (TPSA) is 66.5 Å². The molecule has 1 N–H and O–H groups in total. The number of rotatable bonds is 3. The first-order valence-corrected chi connectivity index (χ1v) is 4.61. The van der Waals surface area contributed by atoms with Crippen LogP contribution < -0.4 is 5.32 Å². The second-order valence-corrected chi connectivity index (χ2v) is 3.44. The van der Waals surface area contributed by atoms with Gasteiger partial charge in [-0.05, 0) is 13.3 Å². The van der Waals surface area contributed by atoms with E-state index in [1.807, 2.05) is 6.92 Å². The first-order chi connectivity index (χ1) is 6.54. The van der Waals surface area contributed by atoms with Crippen LogP contribution in [0.4, 0.5) is 0 Å². The third-order valence-electron chi connectivity index (χ3n) is 2.17. The van der Waals surface area contributed by atoms with Crippen molar-refractivity contribution in [2.24, 2.45) is 0 Å². The molecule has 0 radical (unpaired) electrons. The van der Waals surface area contributed by atoms with E-state index >= 15 is 0 Å². The number of carbonyl (C=O) groups is 3. The van der Waals surface area contributed by atoms with Gasteiger partial charge in [-0.2, -0.15) is 0 Å². The lowest BCUT2D eigenvalue weighted by Gasteiger charge is -2.32. The number of nitrogens with zero attached hydrogens (tertiary/aromatic N) is 1. The monoisotopic (exact) mass is 198 g/mol. The fourth-order valence-corrected chi connectivity index (χ4v) is 1.62. The molecule has 0 spiro atoms. The summed E-state index contributed by atoms with van der Waals surface area (Å²) in [5.41, 5.74) is 0. The molecule has 78 valence electrons. The molecule has 1 atom stereocenters. The number of hydrogen-bond acceptors (Lipinski definition) is 4. The van der Waals surface area contributed by atoms with E-state index < -0.39 is 0 Å². The van der Waals surface area contributed by atoms with Crippen molar-refractivity contribution in [3.05, 3.63) is 0 Å². The Labute approximate surface area is 82.4 Å². The van der Waals surface area contributed by atoms with Crippen molar-refractivity contribution in [3.63, 3.8) is 0 Å². The van der Waals surface area contributed by atoms with Gasteiger partial charge in [0.15, 0.2) is 0 Å². The Morgan fingerprint density at radius 1 is 1.57 bits per heavy atom. The minimum atomic E-state index is -0.350. The van der Waals surface area contributed by atoms with E-state index in [0.29, 0.717) is 6.42 Å². The minimum absolute atomic E-state index is 0.0362. The van der Waals surface area contributed by atoms with E-state index in [4.69, 9.17) is 0 Å². The summed E-state index contributed by atoms with van der Waals surface area (Å²) in [6.45, 7) is 3.60. The highest BCUT2D eigenvalue weighted by Gasteiger charge is 2.32. The summed E-state index contributed by atoms with van der Waals surface area (Å²) >= 11 is 0. The summed E-state index contributed by atoms with van der Waals surface area (Å²) in [7, 11) is 0. The van der Waals surface area contributed by atoms with Crippen LogP contribution in [0.1, 0.15) is 20.3 Å². The normalized spacial score (nSPS) is 23.4. The number of amides is 2. The third-order valence-corrected chi connectivity index (χ3v) is 2.17. The number of piperazine rings is 1. The Hall–Kier alpha value is -1.23. The number of carbonyl (C=O) groups excluding carboxylic acids is 3. The standard InChI is InChI=1S/C9H14N2O3/c1-3-7-9(14)10-8(13)5-11(7)4-6(2)12/h7H,3-5H2,1-2H3,(H,10,13,14). The maximum atomic E-state index is 11.3. The molecular weight excluding hydrogens is 184 g/mol. The zero-order valence-electron chi connectivity index (χ0n) is 8.37. The average Bonchev–Trinajstić information content (AvgIpc) is 2.01. The van der Waals surface area contributed by atoms with Crippen molar-refractivity contribution in [2.75, 3.05) is 13.1 Å². The van der Waals surface area contributed by atoms with Crippen LogP contribution in [-0.2, 0) is 14.4 Å². The van der Waals surface area contributed by atoms with Gasteiger partial charge in [0.05, 0.1) is 19.1 Å². The molecule has 0 aromatic heterocycles. The molecule has 1 heterocycles. The van der Waals surface area contributed by atoms with Gasteiger partial charge in [0.25, 0.3) is 0 Å². The van der Waals surface area contributed by atoms with Crippen molar-refractivity contribution < 1.29 is 14.4 Å². The van der Waals surface area contributed by atoms with Crippen molar-refractivity contribution >= 4 is 17.6 Å². The molecule has 1 saturated heterocycles. The number of imide groups is 1. The van der Waals surface area contributed by atoms with E-state index in [-0.39, 0.29) is 36.7 Å². The summed E-state index contributed by atoms with van der Waals surface area (Å²) in [5.74, 6) is -0.670. The summed E-state index contributed by atoms with van der Waals surface area (Å²) in [4.78, 5) is 34.9. The second-order valence-electron chi connectivity index (χ2n) is 3.44. The van der Waals surface area contributed by atoms with Gasteiger partial charge >= 0.3 is 0 Å². The number of Topliss-reactive ketones (excluding diaryl/α,β-unsaturated/α-hetero) is 1. The van der Waals surface area contributed by atoms with Gasteiger partial charge in [0.1, 0.15) is 5.78 Å². The molecule has 1 fully saturated rings. The predicted octanol–water partition coefficient (Wildman–Crippen LogP) is -0.688. The van der Waals surface area contributed by atoms with E-state index in [9.17, 15) is 14.4 Å². The van der Waals surface area contributed by atoms with Crippen LogP contribution in [0.3, 0.4) is 0 Å². The molecule has 0 saturated carbocycles. The molecule has 0 aliphatic carbocycles. The molecule has 5 heteroatoms. The van der Waals surface area contributed by atoms with Crippen LogP contribution >= 0.6 is 0 Å². The number of ketones is 1. The summed E-state index contributed by atoms with van der Waals surface area (Å²) < 4.78 is 0. The maximum Gasteiger partial charge on any atom is 0.243 e. The van der Waals surface area contributed by atoms with E-state index in [0.717, 1.165) is 0 Å². The van der Waals surface area contributed by atoms with Gasteiger partial charge in [0, 0.05) is 0 Å². The minimum Gasteiger partial charge on any atom is -0.299 e. The van der Waals surface area contributed by atoms with Gasteiger partial charge in [-0.25, -0.2) is 0 Å². The Morgan fingerprint density at radius 2 is 2.21 bits per heavy atom. The zero-order valence-corrected chi connectivity index (χ0v) is 8.37. The molecule has 0 bridgehead atoms. The van der Waals surface area contributed by atoms with Crippen molar-refractivity contribution in [1.29, 1.82) is 0 Å². The largest absolute Gasteiger partial charge is 0.299 e. The quantitative estimate of drug-likeness (QED) is 0.610. The van der Waals surface area contributed by atoms with Crippen molar-refractivity contribution in [3.8, 4) is 0 Å². The second kappa shape index (κ2) is 4.32. The van der Waals surface area contributed by atoms with Gasteiger partial charge in [-0.3, -0.25) is 24.6 Å². The average molecular weight is 198 g/mol. The molecular formula is C9H14N2O3. The van der Waals surface area contributed by atoms with Gasteiger partial charge in [-0.15, -0.1) is 0 Å². The number of nitrogens with one attached hydrogen (secondary N) is 1. The first-order valence-electron chi connectivity index (χ1n) is 4.61. The third kappa shape index (κ3) is 2.38. The number of hydrogen-bond donors (Lipinski definition) is 1. The van der Waals surface area contributed by atoms with Gasteiger partial charge in [-0.1, -0.05) is 6.92 Å². The predicted molar refractivity (Wildman–Crippen MR) is 49.5 cm³/mol. The molecule has 1 rings (SSSR count). The van der Waals surface area contributed by atoms with Gasteiger partial charge < -0.3 is 0 Å². The van der Waals surface area contributed by atoms with E-state index in [2.05, 4.69) is 5.32 Å². The zero-order chi connectivity index (χ0) is 10.7. The molecule has 0 aromatic carbocycles. The lowest BCUT2D eigenvalue weighted by Crippen LogP contribution is -2.58. The molecule has 0 aromatic rings. The van der Waals surface area contributed by atoms with Crippen LogP contribution in [0.15, 0.2) is 0 Å². The van der Waals surface area contributed by atoms with Crippen LogP contribution in [0.25, 0.3) is 0 Å². The van der Waals surface area contributed by atoms with E-state index in [1.165, 1.54) is 6.92 Å². The Bertz CT molecular complexity index is 273. The first kappa shape index (κ1) is 10.8. The summed E-state index contributed by atoms with van der Waals surface area (Å²) in [6, 6.07) is -0.350. The highest BCUT2D eigenvalue weighted by atomic mass is 16.2. The lowest BCUT2D eigenvalue weighted by atomic mass is 10.1. The van der Waals surface area contributed by atoms with Crippen LogP contribution in [0.2, 0.25) is 0 Å². The molecule has 5 nitrogen and oxygen atoms in total. The fraction of sp³-hybridized carbons (Fsp3) is 0.667. The Morgan fingerprint density at radius 3 is 2.71 bits per heavy atom.